The van der Waals surface area contributed by atoms with Crippen molar-refractivity contribution in [1.82, 2.24) is 5.32 Å². The van der Waals surface area contributed by atoms with E-state index in [4.69, 9.17) is 11.6 Å². The van der Waals surface area contributed by atoms with Crippen LogP contribution in [0.15, 0.2) is 51.4 Å². The van der Waals surface area contributed by atoms with Gasteiger partial charge in [0, 0.05) is 21.5 Å². The fourth-order valence-corrected chi connectivity index (χ4v) is 3.03. The van der Waals surface area contributed by atoms with Gasteiger partial charge in [0.1, 0.15) is 0 Å². The molecule has 0 radical (unpaired) electrons. The standard InChI is InChI=1S/C15H14Br2ClN/c1-10(12-4-2-3-5-13(12)16)19-9-11-6-7-15(18)14(17)8-11/h2-8,10,19H,9H2,1H3/t10-/m0/s1. The molecule has 100 valence electrons. The first-order chi connectivity index (χ1) is 9.08. The van der Waals surface area contributed by atoms with Gasteiger partial charge in [-0.15, -0.1) is 0 Å². The fourth-order valence-electron chi connectivity index (χ4n) is 1.86. The van der Waals surface area contributed by atoms with Gasteiger partial charge in [-0.05, 0) is 52.2 Å². The molecule has 0 unspecified atom stereocenters. The lowest BCUT2D eigenvalue weighted by Crippen LogP contribution is -2.18. The highest BCUT2D eigenvalue weighted by Gasteiger charge is 2.08. The Bertz CT molecular complexity index is 572. The molecule has 0 saturated carbocycles. The van der Waals surface area contributed by atoms with Gasteiger partial charge in [-0.1, -0.05) is 51.8 Å². The molecule has 0 heterocycles. The lowest BCUT2D eigenvalue weighted by molar-refractivity contribution is 0.573. The first-order valence-corrected chi connectivity index (χ1v) is 7.96. The van der Waals surface area contributed by atoms with Crippen LogP contribution in [0.1, 0.15) is 24.1 Å². The average Bonchev–Trinajstić information content (AvgIpc) is 2.40. The molecule has 2 aromatic carbocycles. The Labute approximate surface area is 135 Å². The second kappa shape index (κ2) is 6.89. The van der Waals surface area contributed by atoms with Crippen molar-refractivity contribution >= 4 is 43.5 Å². The molecular weight excluding hydrogens is 389 g/mol. The van der Waals surface area contributed by atoms with Crippen molar-refractivity contribution in [1.29, 1.82) is 0 Å². The van der Waals surface area contributed by atoms with Gasteiger partial charge in [0.2, 0.25) is 0 Å². The van der Waals surface area contributed by atoms with E-state index in [9.17, 15) is 0 Å². The molecule has 0 fully saturated rings. The highest BCUT2D eigenvalue weighted by atomic mass is 79.9. The number of benzene rings is 2. The molecule has 19 heavy (non-hydrogen) atoms. The predicted octanol–water partition coefficient (Wildman–Crippen LogP) is 5.72. The summed E-state index contributed by atoms with van der Waals surface area (Å²) in [5.41, 5.74) is 2.46. The van der Waals surface area contributed by atoms with E-state index in [0.717, 1.165) is 20.5 Å². The SMILES string of the molecule is C[C@H](NCc1ccc(Cl)c(Br)c1)c1ccccc1Br. The third kappa shape index (κ3) is 4.06. The topological polar surface area (TPSA) is 12.0 Å². The fraction of sp³-hybridized carbons (Fsp3) is 0.200. The molecule has 0 aliphatic heterocycles. The molecule has 2 aromatic rings. The smallest absolute Gasteiger partial charge is 0.0548 e. The number of rotatable bonds is 4. The van der Waals surface area contributed by atoms with Crippen molar-refractivity contribution in [3.8, 4) is 0 Å². The summed E-state index contributed by atoms with van der Waals surface area (Å²) in [4.78, 5) is 0. The van der Waals surface area contributed by atoms with E-state index < -0.39 is 0 Å². The molecule has 1 nitrogen and oxygen atoms in total. The third-order valence-electron chi connectivity index (χ3n) is 2.97. The Morgan fingerprint density at radius 2 is 1.84 bits per heavy atom. The molecule has 4 heteroatoms. The minimum atomic E-state index is 0.282. The van der Waals surface area contributed by atoms with E-state index in [1.54, 1.807) is 0 Å². The van der Waals surface area contributed by atoms with E-state index in [0.29, 0.717) is 0 Å². The summed E-state index contributed by atoms with van der Waals surface area (Å²) in [5, 5.41) is 4.25. The largest absolute Gasteiger partial charge is 0.306 e. The first kappa shape index (κ1) is 15.0. The molecule has 1 atom stereocenters. The van der Waals surface area contributed by atoms with Crippen LogP contribution in [0.25, 0.3) is 0 Å². The summed E-state index contributed by atoms with van der Waals surface area (Å²) >= 11 is 13.0. The minimum absolute atomic E-state index is 0.282. The Hall–Kier alpha value is -0.350. The highest BCUT2D eigenvalue weighted by Crippen LogP contribution is 2.25. The zero-order chi connectivity index (χ0) is 13.8. The van der Waals surface area contributed by atoms with Crippen molar-refractivity contribution in [3.63, 3.8) is 0 Å². The number of hydrogen-bond donors (Lipinski definition) is 1. The summed E-state index contributed by atoms with van der Waals surface area (Å²) in [6, 6.07) is 14.5. The van der Waals surface area contributed by atoms with E-state index >= 15 is 0 Å². The zero-order valence-electron chi connectivity index (χ0n) is 10.5. The van der Waals surface area contributed by atoms with Gasteiger partial charge in [-0.25, -0.2) is 0 Å². The molecule has 0 saturated heterocycles. The Morgan fingerprint density at radius 3 is 2.53 bits per heavy atom. The minimum Gasteiger partial charge on any atom is -0.306 e. The van der Waals surface area contributed by atoms with Crippen molar-refractivity contribution in [2.24, 2.45) is 0 Å². The lowest BCUT2D eigenvalue weighted by Gasteiger charge is -2.16. The quantitative estimate of drug-likeness (QED) is 0.689. The van der Waals surface area contributed by atoms with Crippen LogP contribution in [0.3, 0.4) is 0 Å². The van der Waals surface area contributed by atoms with Crippen molar-refractivity contribution in [2.75, 3.05) is 0 Å². The highest BCUT2D eigenvalue weighted by molar-refractivity contribution is 9.10. The summed E-state index contributed by atoms with van der Waals surface area (Å²) in [7, 11) is 0. The summed E-state index contributed by atoms with van der Waals surface area (Å²) in [6.07, 6.45) is 0. The van der Waals surface area contributed by atoms with Gasteiger partial charge in [0.15, 0.2) is 0 Å². The second-order valence-corrected chi connectivity index (χ2v) is 6.49. The molecule has 0 spiro atoms. The van der Waals surface area contributed by atoms with Gasteiger partial charge >= 0.3 is 0 Å². The normalized spacial score (nSPS) is 12.4. The first-order valence-electron chi connectivity index (χ1n) is 5.99. The Morgan fingerprint density at radius 1 is 1.11 bits per heavy atom. The van der Waals surface area contributed by atoms with Gasteiger partial charge in [-0.2, -0.15) is 0 Å². The van der Waals surface area contributed by atoms with Crippen LogP contribution in [0, 0.1) is 0 Å². The number of nitrogens with one attached hydrogen (secondary N) is 1. The van der Waals surface area contributed by atoms with Crippen LogP contribution in [0.5, 0.6) is 0 Å². The zero-order valence-corrected chi connectivity index (χ0v) is 14.4. The second-order valence-electron chi connectivity index (χ2n) is 4.37. The van der Waals surface area contributed by atoms with Crippen molar-refractivity contribution < 1.29 is 0 Å². The van der Waals surface area contributed by atoms with E-state index in [1.807, 2.05) is 24.3 Å². The summed E-state index contributed by atoms with van der Waals surface area (Å²) < 4.78 is 2.06. The van der Waals surface area contributed by atoms with Crippen LogP contribution in [-0.2, 0) is 6.54 Å². The third-order valence-corrected chi connectivity index (χ3v) is 4.90. The predicted molar refractivity (Wildman–Crippen MR) is 88.5 cm³/mol. The van der Waals surface area contributed by atoms with Gasteiger partial charge in [0.05, 0.1) is 5.02 Å². The maximum Gasteiger partial charge on any atom is 0.0548 e. The van der Waals surface area contributed by atoms with Gasteiger partial charge in [0.25, 0.3) is 0 Å². The molecular formula is C15H14Br2ClN. The maximum atomic E-state index is 5.99. The van der Waals surface area contributed by atoms with Crippen LogP contribution >= 0.6 is 43.5 Å². The monoisotopic (exact) mass is 401 g/mol. The van der Waals surface area contributed by atoms with Crippen LogP contribution < -0.4 is 5.32 Å². The van der Waals surface area contributed by atoms with Gasteiger partial charge in [-0.3, -0.25) is 0 Å². The number of hydrogen-bond acceptors (Lipinski definition) is 1. The molecule has 1 N–H and O–H groups in total. The van der Waals surface area contributed by atoms with Crippen LogP contribution in [-0.4, -0.2) is 0 Å². The molecule has 0 amide bonds. The molecule has 0 bridgehead atoms. The average molecular weight is 404 g/mol. The molecule has 0 aliphatic carbocycles. The maximum absolute atomic E-state index is 5.99. The van der Waals surface area contributed by atoms with E-state index in [1.165, 1.54) is 11.1 Å². The van der Waals surface area contributed by atoms with Crippen molar-refractivity contribution in [2.45, 2.75) is 19.5 Å². The lowest BCUT2D eigenvalue weighted by atomic mass is 10.1. The molecule has 2 rings (SSSR count). The summed E-state index contributed by atoms with van der Waals surface area (Å²) in [5.74, 6) is 0. The molecule has 0 aromatic heterocycles. The van der Waals surface area contributed by atoms with Gasteiger partial charge < -0.3 is 5.32 Å². The Kier molecular flexibility index (Phi) is 5.46. The van der Waals surface area contributed by atoms with Crippen molar-refractivity contribution in [3.05, 3.63) is 67.6 Å². The number of halogens is 3. The molecule has 0 aliphatic rings. The van der Waals surface area contributed by atoms with E-state index in [2.05, 4.69) is 62.3 Å². The summed E-state index contributed by atoms with van der Waals surface area (Å²) in [6.45, 7) is 2.96. The Balaban J connectivity index is 2.02. The van der Waals surface area contributed by atoms with Crippen LogP contribution in [0.2, 0.25) is 5.02 Å². The van der Waals surface area contributed by atoms with E-state index in [-0.39, 0.29) is 6.04 Å². The van der Waals surface area contributed by atoms with Crippen LogP contribution in [0.4, 0.5) is 0 Å².